The van der Waals surface area contributed by atoms with Gasteiger partial charge in [-0.15, -0.1) is 6.42 Å². The number of urea groups is 1. The molecule has 156 valence electrons. The second kappa shape index (κ2) is 10.2. The van der Waals surface area contributed by atoms with Crippen LogP contribution >= 0.6 is 0 Å². The quantitative estimate of drug-likeness (QED) is 0.452. The fraction of sp³-hybridized carbons (Fsp3) is 0.150. The van der Waals surface area contributed by atoms with Gasteiger partial charge in [0.2, 0.25) is 10.0 Å². The van der Waals surface area contributed by atoms with Crippen LogP contribution in [-0.4, -0.2) is 39.0 Å². The fourth-order valence-corrected chi connectivity index (χ4v) is 3.17. The Bertz CT molecular complexity index is 1080. The lowest BCUT2D eigenvalue weighted by Gasteiger charge is -2.14. The SMILES string of the molecule is C#CCNS(=O)(=O)c1cccc(C(=O)OC(C)C(=O)NC(=O)Nc2ccccc2)c1. The predicted molar refractivity (Wildman–Crippen MR) is 109 cm³/mol. The number of sulfonamides is 1. The monoisotopic (exact) mass is 429 g/mol. The number of carbonyl (C=O) groups excluding carboxylic acids is 3. The van der Waals surface area contributed by atoms with Crippen molar-refractivity contribution in [2.45, 2.75) is 17.9 Å². The fourth-order valence-electron chi connectivity index (χ4n) is 2.19. The van der Waals surface area contributed by atoms with Crippen LogP contribution in [0, 0.1) is 12.3 Å². The maximum Gasteiger partial charge on any atom is 0.338 e. The first-order chi connectivity index (χ1) is 14.2. The van der Waals surface area contributed by atoms with E-state index in [9.17, 15) is 22.8 Å². The Morgan fingerprint density at radius 2 is 1.80 bits per heavy atom. The summed E-state index contributed by atoms with van der Waals surface area (Å²) >= 11 is 0. The minimum atomic E-state index is -3.90. The molecule has 3 amide bonds. The van der Waals surface area contributed by atoms with Crippen molar-refractivity contribution in [1.82, 2.24) is 10.0 Å². The number of nitrogens with one attached hydrogen (secondary N) is 3. The summed E-state index contributed by atoms with van der Waals surface area (Å²) in [5.41, 5.74) is 0.385. The number of hydrogen-bond donors (Lipinski definition) is 3. The molecule has 2 rings (SSSR count). The highest BCUT2D eigenvalue weighted by atomic mass is 32.2. The first-order valence-electron chi connectivity index (χ1n) is 8.64. The molecule has 0 radical (unpaired) electrons. The van der Waals surface area contributed by atoms with Crippen LogP contribution in [-0.2, 0) is 19.6 Å². The van der Waals surface area contributed by atoms with E-state index >= 15 is 0 Å². The molecule has 0 saturated carbocycles. The molecule has 0 spiro atoms. The molecular formula is C20H19N3O6S. The Balaban J connectivity index is 1.98. The molecule has 0 saturated heterocycles. The zero-order valence-corrected chi connectivity index (χ0v) is 16.7. The minimum Gasteiger partial charge on any atom is -0.449 e. The third kappa shape index (κ3) is 6.44. The van der Waals surface area contributed by atoms with Gasteiger partial charge in [0.15, 0.2) is 6.10 Å². The number of ether oxygens (including phenoxy) is 1. The molecule has 2 aromatic rings. The van der Waals surface area contributed by atoms with Gasteiger partial charge in [0, 0.05) is 5.69 Å². The third-order valence-corrected chi connectivity index (χ3v) is 5.06. The van der Waals surface area contributed by atoms with Crippen LogP contribution in [0.1, 0.15) is 17.3 Å². The number of para-hydroxylation sites is 1. The average molecular weight is 429 g/mol. The van der Waals surface area contributed by atoms with E-state index in [0.717, 1.165) is 6.07 Å². The molecule has 10 heteroatoms. The molecule has 9 nitrogen and oxygen atoms in total. The van der Waals surface area contributed by atoms with Gasteiger partial charge in [-0.25, -0.2) is 18.0 Å². The van der Waals surface area contributed by atoms with E-state index in [2.05, 4.69) is 21.3 Å². The van der Waals surface area contributed by atoms with E-state index in [0.29, 0.717) is 5.69 Å². The van der Waals surface area contributed by atoms with Crippen LogP contribution in [0.5, 0.6) is 0 Å². The van der Waals surface area contributed by atoms with Crippen LogP contribution in [0.2, 0.25) is 0 Å². The second-order valence-electron chi connectivity index (χ2n) is 5.91. The average Bonchev–Trinajstić information content (AvgIpc) is 2.73. The van der Waals surface area contributed by atoms with Crippen LogP contribution in [0.25, 0.3) is 0 Å². The number of anilines is 1. The lowest BCUT2D eigenvalue weighted by atomic mass is 10.2. The maximum absolute atomic E-state index is 12.3. The van der Waals surface area contributed by atoms with Crippen molar-refractivity contribution < 1.29 is 27.5 Å². The second-order valence-corrected chi connectivity index (χ2v) is 7.68. The molecule has 3 N–H and O–H groups in total. The van der Waals surface area contributed by atoms with Gasteiger partial charge in [0.05, 0.1) is 17.0 Å². The highest BCUT2D eigenvalue weighted by Crippen LogP contribution is 2.13. The lowest BCUT2D eigenvalue weighted by molar-refractivity contribution is -0.127. The van der Waals surface area contributed by atoms with Gasteiger partial charge in [-0.2, -0.15) is 4.72 Å². The van der Waals surface area contributed by atoms with Gasteiger partial charge < -0.3 is 10.1 Å². The number of esters is 1. The van der Waals surface area contributed by atoms with E-state index in [1.54, 1.807) is 30.3 Å². The van der Waals surface area contributed by atoms with E-state index in [1.807, 2.05) is 0 Å². The molecule has 0 aliphatic carbocycles. The summed E-state index contributed by atoms with van der Waals surface area (Å²) in [4.78, 5) is 36.0. The van der Waals surface area contributed by atoms with Crippen LogP contribution in [0.15, 0.2) is 59.5 Å². The highest BCUT2D eigenvalue weighted by Gasteiger charge is 2.22. The van der Waals surface area contributed by atoms with Gasteiger partial charge in [0.1, 0.15) is 0 Å². The number of benzene rings is 2. The molecule has 0 aliphatic rings. The molecule has 2 aromatic carbocycles. The summed E-state index contributed by atoms with van der Waals surface area (Å²) in [6, 6.07) is 12.7. The smallest absolute Gasteiger partial charge is 0.338 e. The van der Waals surface area contributed by atoms with Crippen LogP contribution < -0.4 is 15.4 Å². The molecule has 1 atom stereocenters. The summed E-state index contributed by atoms with van der Waals surface area (Å²) in [6.45, 7) is 1.07. The molecule has 0 bridgehead atoms. The van der Waals surface area contributed by atoms with Crippen molar-refractivity contribution in [3.05, 3.63) is 60.2 Å². The Morgan fingerprint density at radius 3 is 2.47 bits per heavy atom. The van der Waals surface area contributed by atoms with E-state index in [1.165, 1.54) is 25.1 Å². The van der Waals surface area contributed by atoms with Gasteiger partial charge in [-0.1, -0.05) is 30.2 Å². The van der Waals surface area contributed by atoms with Crippen molar-refractivity contribution >= 4 is 33.6 Å². The molecule has 30 heavy (non-hydrogen) atoms. The van der Waals surface area contributed by atoms with Crippen LogP contribution in [0.3, 0.4) is 0 Å². The van der Waals surface area contributed by atoms with Crippen molar-refractivity contribution in [1.29, 1.82) is 0 Å². The number of rotatable bonds is 7. The van der Waals surface area contributed by atoms with E-state index < -0.39 is 34.0 Å². The topological polar surface area (TPSA) is 131 Å². The number of carbonyl (C=O) groups is 3. The number of hydrogen-bond acceptors (Lipinski definition) is 6. The van der Waals surface area contributed by atoms with Crippen molar-refractivity contribution in [3.63, 3.8) is 0 Å². The largest absolute Gasteiger partial charge is 0.449 e. The first-order valence-corrected chi connectivity index (χ1v) is 10.1. The number of imide groups is 1. The van der Waals surface area contributed by atoms with Gasteiger partial charge in [0.25, 0.3) is 5.91 Å². The molecule has 0 aliphatic heterocycles. The van der Waals surface area contributed by atoms with Gasteiger partial charge in [-0.05, 0) is 37.3 Å². The maximum atomic E-state index is 12.3. The van der Waals surface area contributed by atoms with Crippen LogP contribution in [0.4, 0.5) is 10.5 Å². The summed E-state index contributed by atoms with van der Waals surface area (Å²) in [5, 5.41) is 4.51. The Kier molecular flexibility index (Phi) is 7.69. The normalized spacial score (nSPS) is 11.6. The summed E-state index contributed by atoms with van der Waals surface area (Å²) in [5.74, 6) is 0.355. The number of terminal acetylenes is 1. The van der Waals surface area contributed by atoms with Crippen molar-refractivity contribution in [3.8, 4) is 12.3 Å². The summed E-state index contributed by atoms with van der Waals surface area (Å²) in [6.07, 6.45) is 3.73. The van der Waals surface area contributed by atoms with Gasteiger partial charge in [-0.3, -0.25) is 10.1 Å². The molecule has 0 fully saturated rings. The summed E-state index contributed by atoms with van der Waals surface area (Å²) < 4.78 is 31.4. The molecular weight excluding hydrogens is 410 g/mol. The minimum absolute atomic E-state index is 0.0908. The van der Waals surface area contributed by atoms with Crippen molar-refractivity contribution in [2.75, 3.05) is 11.9 Å². The van der Waals surface area contributed by atoms with Crippen molar-refractivity contribution in [2.24, 2.45) is 0 Å². The summed E-state index contributed by atoms with van der Waals surface area (Å²) in [7, 11) is -3.90. The Hall–Kier alpha value is -3.68. The third-order valence-electron chi connectivity index (χ3n) is 3.67. The standard InChI is InChI=1S/C20H19N3O6S/c1-3-12-21-30(27,28)17-11-7-8-15(13-17)19(25)29-14(2)18(24)23-20(26)22-16-9-5-4-6-10-16/h1,4-11,13-14,21H,12H2,2H3,(H2,22,23,24,26). The number of amides is 3. The molecule has 0 heterocycles. The molecule has 1 unspecified atom stereocenters. The zero-order valence-electron chi connectivity index (χ0n) is 15.9. The Labute approximate surface area is 173 Å². The first kappa shape index (κ1) is 22.6. The van der Waals surface area contributed by atoms with Gasteiger partial charge >= 0.3 is 12.0 Å². The van der Waals surface area contributed by atoms with E-state index in [-0.39, 0.29) is 17.0 Å². The molecule has 0 aromatic heterocycles. The Morgan fingerprint density at radius 1 is 1.10 bits per heavy atom. The highest BCUT2D eigenvalue weighted by molar-refractivity contribution is 7.89. The van der Waals surface area contributed by atoms with E-state index in [4.69, 9.17) is 11.2 Å². The lowest BCUT2D eigenvalue weighted by Crippen LogP contribution is -2.41. The predicted octanol–water partition coefficient (Wildman–Crippen LogP) is 1.49. The zero-order chi connectivity index (χ0) is 22.1.